The Bertz CT molecular complexity index is 1170. The summed E-state index contributed by atoms with van der Waals surface area (Å²) in [5.41, 5.74) is 4.05. The van der Waals surface area contributed by atoms with Crippen LogP contribution in [0.4, 0.5) is 4.79 Å². The maximum Gasteiger partial charge on any atom is 0.410 e. The zero-order chi connectivity index (χ0) is 23.9. The number of halogens is 1. The summed E-state index contributed by atoms with van der Waals surface area (Å²) in [5, 5.41) is 1.30. The highest BCUT2D eigenvalue weighted by Crippen LogP contribution is 2.41. The molecule has 2 aliphatic heterocycles. The summed E-state index contributed by atoms with van der Waals surface area (Å²) in [6, 6.07) is 10.7. The van der Waals surface area contributed by atoms with Crippen LogP contribution < -0.4 is 0 Å². The standard InChI is InChI=1S/C26H32ClN5O2/c1-25(2,3)34-24(33)32-15-26(16-32)9-12-31(13-10-26)11-8-18-4-6-19(7-5-18)21-14-20-22(27)28-17-29-23(20)30-21/h4-7,14,17H,8-13,15-16H2,1-3H3,(H,28,29,30). The van der Waals surface area contributed by atoms with Crippen molar-refractivity contribution in [3.63, 3.8) is 0 Å². The molecule has 0 radical (unpaired) electrons. The van der Waals surface area contributed by atoms with Crippen molar-refractivity contribution in [1.82, 2.24) is 24.8 Å². The molecule has 180 valence electrons. The van der Waals surface area contributed by atoms with Gasteiger partial charge in [0.2, 0.25) is 0 Å². The SMILES string of the molecule is CC(C)(C)OC(=O)N1CC2(CCN(CCc3ccc(-c4cc5c(Cl)ncnc5[nH]4)cc3)CC2)C1. The van der Waals surface area contributed by atoms with Crippen LogP contribution in [0.15, 0.2) is 36.7 Å². The molecule has 2 aliphatic rings. The number of carbonyl (C=O) groups excluding carboxylic acids is 1. The summed E-state index contributed by atoms with van der Waals surface area (Å²) >= 11 is 6.17. The minimum atomic E-state index is -0.431. The van der Waals surface area contributed by atoms with Crippen LogP contribution in [0.25, 0.3) is 22.3 Å². The molecule has 0 bridgehead atoms. The number of nitrogens with zero attached hydrogens (tertiary/aromatic N) is 4. The number of amides is 1. The summed E-state index contributed by atoms with van der Waals surface area (Å²) in [4.78, 5) is 28.3. The third kappa shape index (κ3) is 4.91. The lowest BCUT2D eigenvalue weighted by atomic mass is 9.72. The normalized spacial score (nSPS) is 18.3. The van der Waals surface area contributed by atoms with E-state index in [9.17, 15) is 4.79 Å². The molecule has 0 atom stereocenters. The average Bonchev–Trinajstić information content (AvgIpc) is 3.21. The first-order valence-electron chi connectivity index (χ1n) is 12.0. The average molecular weight is 482 g/mol. The van der Waals surface area contributed by atoms with Crippen molar-refractivity contribution in [3.05, 3.63) is 47.4 Å². The number of H-pyrrole nitrogens is 1. The number of ether oxygens (including phenoxy) is 1. The summed E-state index contributed by atoms with van der Waals surface area (Å²) < 4.78 is 5.50. The smallest absolute Gasteiger partial charge is 0.410 e. The molecule has 0 saturated carbocycles. The monoisotopic (exact) mass is 481 g/mol. The van der Waals surface area contributed by atoms with E-state index in [0.717, 1.165) is 74.3 Å². The minimum Gasteiger partial charge on any atom is -0.444 e. The van der Waals surface area contributed by atoms with Crippen LogP contribution in [0.2, 0.25) is 5.15 Å². The van der Waals surface area contributed by atoms with E-state index in [-0.39, 0.29) is 6.09 Å². The Hall–Kier alpha value is -2.64. The van der Waals surface area contributed by atoms with E-state index in [4.69, 9.17) is 16.3 Å². The van der Waals surface area contributed by atoms with Crippen LogP contribution in [0.1, 0.15) is 39.2 Å². The molecule has 3 aromatic rings. The predicted octanol–water partition coefficient (Wildman–Crippen LogP) is 5.15. The Balaban J connectivity index is 1.09. The number of rotatable bonds is 4. The molecule has 34 heavy (non-hydrogen) atoms. The molecule has 2 saturated heterocycles. The van der Waals surface area contributed by atoms with E-state index in [1.807, 2.05) is 31.7 Å². The van der Waals surface area contributed by atoms with Crippen LogP contribution in [0.3, 0.4) is 0 Å². The van der Waals surface area contributed by atoms with Gasteiger partial charge in [-0.25, -0.2) is 14.8 Å². The van der Waals surface area contributed by atoms with Crippen LogP contribution >= 0.6 is 11.6 Å². The predicted molar refractivity (Wildman–Crippen MR) is 134 cm³/mol. The number of aromatic amines is 1. The van der Waals surface area contributed by atoms with Crippen molar-refractivity contribution in [2.24, 2.45) is 5.41 Å². The van der Waals surface area contributed by atoms with Crippen LogP contribution in [0.5, 0.6) is 0 Å². The minimum absolute atomic E-state index is 0.174. The molecule has 0 aliphatic carbocycles. The van der Waals surface area contributed by atoms with Crippen LogP contribution in [-0.2, 0) is 11.2 Å². The van der Waals surface area contributed by atoms with Gasteiger partial charge in [0.25, 0.3) is 0 Å². The highest BCUT2D eigenvalue weighted by molar-refractivity contribution is 6.34. The Morgan fingerprint density at radius 1 is 1.15 bits per heavy atom. The highest BCUT2D eigenvalue weighted by Gasteiger charge is 2.47. The zero-order valence-electron chi connectivity index (χ0n) is 20.1. The molecule has 1 amide bonds. The lowest BCUT2D eigenvalue weighted by Gasteiger charge is -2.53. The molecule has 1 aromatic carbocycles. The van der Waals surface area contributed by atoms with Gasteiger partial charge in [0.15, 0.2) is 0 Å². The summed E-state index contributed by atoms with van der Waals surface area (Å²) in [7, 11) is 0. The molecule has 7 nitrogen and oxygen atoms in total. The highest BCUT2D eigenvalue weighted by atomic mass is 35.5. The van der Waals surface area contributed by atoms with Gasteiger partial charge in [-0.05, 0) is 70.3 Å². The number of carbonyl (C=O) groups is 1. The lowest BCUT2D eigenvalue weighted by molar-refractivity contribution is -0.0590. The van der Waals surface area contributed by atoms with Crippen molar-refractivity contribution in [2.75, 3.05) is 32.7 Å². The number of aromatic nitrogens is 3. The van der Waals surface area contributed by atoms with Gasteiger partial charge < -0.3 is 19.5 Å². The summed E-state index contributed by atoms with van der Waals surface area (Å²) in [5.74, 6) is 0. The number of benzene rings is 1. The Kier molecular flexibility index (Phi) is 6.02. The van der Waals surface area contributed by atoms with E-state index in [2.05, 4.69) is 44.1 Å². The molecule has 2 fully saturated rings. The lowest BCUT2D eigenvalue weighted by Crippen LogP contribution is -2.62. The van der Waals surface area contributed by atoms with E-state index in [1.54, 1.807) is 0 Å². The molecule has 8 heteroatoms. The molecule has 5 rings (SSSR count). The van der Waals surface area contributed by atoms with Crippen molar-refractivity contribution in [1.29, 1.82) is 0 Å². The third-order valence-corrected chi connectivity index (χ3v) is 7.28. The number of fused-ring (bicyclic) bond motifs is 1. The topological polar surface area (TPSA) is 74.3 Å². The van der Waals surface area contributed by atoms with Gasteiger partial charge in [-0.2, -0.15) is 0 Å². The first-order valence-corrected chi connectivity index (χ1v) is 12.4. The number of hydrogen-bond donors (Lipinski definition) is 1. The number of likely N-dealkylation sites (tertiary alicyclic amines) is 2. The Morgan fingerprint density at radius 2 is 1.85 bits per heavy atom. The molecule has 0 unspecified atom stereocenters. The van der Waals surface area contributed by atoms with Crippen molar-refractivity contribution in [3.8, 4) is 11.3 Å². The molecule has 4 heterocycles. The van der Waals surface area contributed by atoms with Gasteiger partial charge in [-0.15, -0.1) is 0 Å². The van der Waals surface area contributed by atoms with E-state index in [0.29, 0.717) is 10.6 Å². The van der Waals surface area contributed by atoms with Gasteiger partial charge in [-0.1, -0.05) is 35.9 Å². The first-order chi connectivity index (χ1) is 16.2. The molecular weight excluding hydrogens is 450 g/mol. The van der Waals surface area contributed by atoms with E-state index in [1.165, 1.54) is 11.9 Å². The van der Waals surface area contributed by atoms with Crippen LogP contribution in [-0.4, -0.2) is 69.2 Å². The molecular formula is C26H32ClN5O2. The second kappa shape index (κ2) is 8.86. The first kappa shape index (κ1) is 23.1. The van der Waals surface area contributed by atoms with Crippen molar-refractivity contribution in [2.45, 2.75) is 45.6 Å². The maximum atomic E-state index is 12.2. The van der Waals surface area contributed by atoms with Gasteiger partial charge in [-0.3, -0.25) is 0 Å². The van der Waals surface area contributed by atoms with Crippen molar-refractivity contribution >= 4 is 28.7 Å². The summed E-state index contributed by atoms with van der Waals surface area (Å²) in [6.45, 7) is 10.7. The molecule has 1 spiro atoms. The second-order valence-corrected chi connectivity index (χ2v) is 11.1. The van der Waals surface area contributed by atoms with Gasteiger partial charge in [0.05, 0.1) is 5.39 Å². The van der Waals surface area contributed by atoms with Gasteiger partial charge in [0, 0.05) is 30.7 Å². The maximum absolute atomic E-state index is 12.2. The third-order valence-electron chi connectivity index (χ3n) is 6.98. The largest absolute Gasteiger partial charge is 0.444 e. The number of hydrogen-bond acceptors (Lipinski definition) is 5. The number of piperidine rings is 1. The fraction of sp³-hybridized carbons (Fsp3) is 0.500. The van der Waals surface area contributed by atoms with E-state index >= 15 is 0 Å². The van der Waals surface area contributed by atoms with Gasteiger partial charge >= 0.3 is 6.09 Å². The Morgan fingerprint density at radius 3 is 2.50 bits per heavy atom. The zero-order valence-corrected chi connectivity index (χ0v) is 20.9. The quantitative estimate of drug-likeness (QED) is 0.521. The fourth-order valence-electron chi connectivity index (χ4n) is 4.99. The number of nitrogens with one attached hydrogen (secondary N) is 1. The Labute approximate surface area is 205 Å². The summed E-state index contributed by atoms with van der Waals surface area (Å²) in [6.07, 6.45) is 4.63. The van der Waals surface area contributed by atoms with Crippen molar-refractivity contribution < 1.29 is 9.53 Å². The second-order valence-electron chi connectivity index (χ2n) is 10.7. The molecule has 2 aromatic heterocycles. The fourth-order valence-corrected chi connectivity index (χ4v) is 5.18. The van der Waals surface area contributed by atoms with Crippen LogP contribution in [0, 0.1) is 5.41 Å². The molecule has 1 N–H and O–H groups in total. The van der Waals surface area contributed by atoms with Gasteiger partial charge in [0.1, 0.15) is 22.7 Å². The van der Waals surface area contributed by atoms with E-state index < -0.39 is 5.60 Å².